The summed E-state index contributed by atoms with van der Waals surface area (Å²) in [6.07, 6.45) is 4.10. The van der Waals surface area contributed by atoms with E-state index >= 15 is 0 Å². The third-order valence-corrected chi connectivity index (χ3v) is 3.88. The van der Waals surface area contributed by atoms with Crippen molar-refractivity contribution in [3.63, 3.8) is 0 Å². The summed E-state index contributed by atoms with van der Waals surface area (Å²) in [5.74, 6) is 0.804. The molecule has 0 atom stereocenters. The van der Waals surface area contributed by atoms with Crippen molar-refractivity contribution in [3.8, 4) is 17.2 Å². The normalized spacial score (nSPS) is 12.3. The molecule has 1 aliphatic heterocycles. The van der Waals surface area contributed by atoms with E-state index in [9.17, 15) is 9.59 Å². The lowest BCUT2D eigenvalue weighted by atomic mass is 10.1. The number of ether oxygens (including phenoxy) is 4. The number of carbonyl (C=O) groups is 2. The average Bonchev–Trinajstić information content (AvgIpc) is 3.10. The zero-order chi connectivity index (χ0) is 18.9. The molecular weight excluding hydrogens is 338 g/mol. The number of esters is 1. The average molecular weight is 363 g/mol. The Labute approximate surface area is 153 Å². The molecular formula is C19H25NO6. The summed E-state index contributed by atoms with van der Waals surface area (Å²) in [5, 5.41) is 0. The number of amides is 1. The van der Waals surface area contributed by atoms with Gasteiger partial charge in [0.15, 0.2) is 11.5 Å². The van der Waals surface area contributed by atoms with E-state index in [0.29, 0.717) is 42.5 Å². The molecule has 0 N–H and O–H groups in total. The Morgan fingerprint density at radius 2 is 1.96 bits per heavy atom. The number of carbonyl (C=O) groups excluding carboxylic acids is 2. The maximum Gasteiger partial charge on any atom is 0.415 e. The van der Waals surface area contributed by atoms with Gasteiger partial charge in [0, 0.05) is 19.2 Å². The van der Waals surface area contributed by atoms with Crippen LogP contribution < -0.4 is 14.2 Å². The predicted octanol–water partition coefficient (Wildman–Crippen LogP) is 3.61. The second kappa shape index (κ2) is 9.70. The van der Waals surface area contributed by atoms with Crippen molar-refractivity contribution in [2.75, 3.05) is 26.5 Å². The van der Waals surface area contributed by atoms with Gasteiger partial charge in [-0.15, -0.1) is 0 Å². The van der Waals surface area contributed by atoms with Crippen molar-refractivity contribution in [1.82, 2.24) is 4.90 Å². The molecule has 0 radical (unpaired) electrons. The van der Waals surface area contributed by atoms with Crippen LogP contribution in [0.2, 0.25) is 0 Å². The smallest absolute Gasteiger partial charge is 0.415 e. The second-order valence-electron chi connectivity index (χ2n) is 5.61. The predicted molar refractivity (Wildman–Crippen MR) is 96.4 cm³/mol. The van der Waals surface area contributed by atoms with Gasteiger partial charge in [0.25, 0.3) is 0 Å². The SMILES string of the molecule is CCCCOC(=O)/C=C/c1c(OC(=O)N(CC)CC)ccc2c1OCO2. The molecule has 7 heteroatoms. The molecule has 0 saturated carbocycles. The lowest BCUT2D eigenvalue weighted by Gasteiger charge is -2.19. The highest BCUT2D eigenvalue weighted by Crippen LogP contribution is 2.41. The van der Waals surface area contributed by atoms with Gasteiger partial charge >= 0.3 is 12.1 Å². The van der Waals surface area contributed by atoms with E-state index in [1.807, 2.05) is 20.8 Å². The number of fused-ring (bicyclic) bond motifs is 1. The minimum atomic E-state index is -0.464. The maximum atomic E-state index is 12.3. The lowest BCUT2D eigenvalue weighted by molar-refractivity contribution is -0.137. The van der Waals surface area contributed by atoms with Crippen LogP contribution in [-0.2, 0) is 9.53 Å². The number of unbranched alkanes of at least 4 members (excludes halogenated alkanes) is 1. The summed E-state index contributed by atoms with van der Waals surface area (Å²) in [4.78, 5) is 25.6. The number of hydrogen-bond donors (Lipinski definition) is 0. The number of hydrogen-bond acceptors (Lipinski definition) is 6. The van der Waals surface area contributed by atoms with Gasteiger partial charge in [0.05, 0.1) is 12.2 Å². The molecule has 0 aliphatic carbocycles. The summed E-state index contributed by atoms with van der Waals surface area (Å²) < 4.78 is 21.4. The first kappa shape index (κ1) is 19.6. The number of rotatable bonds is 8. The fourth-order valence-corrected chi connectivity index (χ4v) is 2.38. The third-order valence-electron chi connectivity index (χ3n) is 3.88. The molecule has 1 aromatic rings. The fraction of sp³-hybridized carbons (Fsp3) is 0.474. The van der Waals surface area contributed by atoms with Gasteiger partial charge in [-0.1, -0.05) is 13.3 Å². The Bertz CT molecular complexity index is 666. The van der Waals surface area contributed by atoms with Crippen LogP contribution in [0.25, 0.3) is 6.08 Å². The monoisotopic (exact) mass is 363 g/mol. The Morgan fingerprint density at radius 3 is 2.65 bits per heavy atom. The standard InChI is InChI=1S/C19H25NO6/c1-4-7-12-23-17(21)11-8-14-15(26-19(22)20(5-2)6-3)9-10-16-18(14)25-13-24-16/h8-11H,4-7,12-13H2,1-3H3/b11-8+. The molecule has 0 fully saturated rings. The molecule has 0 spiro atoms. The van der Waals surface area contributed by atoms with Crippen LogP contribution >= 0.6 is 0 Å². The molecule has 7 nitrogen and oxygen atoms in total. The first-order chi connectivity index (χ1) is 12.6. The van der Waals surface area contributed by atoms with Gasteiger partial charge in [-0.2, -0.15) is 0 Å². The Morgan fingerprint density at radius 1 is 1.19 bits per heavy atom. The summed E-state index contributed by atoms with van der Waals surface area (Å²) in [6, 6.07) is 3.29. The van der Waals surface area contributed by atoms with Crippen LogP contribution in [0, 0.1) is 0 Å². The summed E-state index contributed by atoms with van der Waals surface area (Å²) in [6.45, 7) is 7.28. The van der Waals surface area contributed by atoms with Crippen molar-refractivity contribution in [2.45, 2.75) is 33.6 Å². The van der Waals surface area contributed by atoms with Crippen molar-refractivity contribution in [1.29, 1.82) is 0 Å². The van der Waals surface area contributed by atoms with Crippen molar-refractivity contribution >= 4 is 18.1 Å². The molecule has 26 heavy (non-hydrogen) atoms. The second-order valence-corrected chi connectivity index (χ2v) is 5.61. The molecule has 1 aromatic carbocycles. The Kier molecular flexibility index (Phi) is 7.32. The zero-order valence-electron chi connectivity index (χ0n) is 15.4. The van der Waals surface area contributed by atoms with Gasteiger partial charge in [0.1, 0.15) is 5.75 Å². The van der Waals surface area contributed by atoms with Gasteiger partial charge in [-0.3, -0.25) is 0 Å². The molecule has 2 rings (SSSR count). The lowest BCUT2D eigenvalue weighted by Crippen LogP contribution is -2.33. The van der Waals surface area contributed by atoms with Gasteiger partial charge in [0.2, 0.25) is 6.79 Å². The first-order valence-electron chi connectivity index (χ1n) is 8.84. The Balaban J connectivity index is 2.21. The van der Waals surface area contributed by atoms with Crippen LogP contribution in [0.5, 0.6) is 17.2 Å². The van der Waals surface area contributed by atoms with Crippen LogP contribution in [0.3, 0.4) is 0 Å². The molecule has 0 saturated heterocycles. The van der Waals surface area contributed by atoms with E-state index in [1.54, 1.807) is 17.0 Å². The van der Waals surface area contributed by atoms with Crippen molar-refractivity contribution in [3.05, 3.63) is 23.8 Å². The molecule has 1 heterocycles. The Hall–Kier alpha value is -2.70. The number of benzene rings is 1. The molecule has 0 bridgehead atoms. The number of nitrogens with zero attached hydrogens (tertiary/aromatic N) is 1. The van der Waals surface area contributed by atoms with Crippen LogP contribution in [0.1, 0.15) is 39.2 Å². The topological polar surface area (TPSA) is 74.3 Å². The van der Waals surface area contributed by atoms with Crippen molar-refractivity contribution in [2.24, 2.45) is 0 Å². The molecule has 1 aliphatic rings. The highest BCUT2D eigenvalue weighted by Gasteiger charge is 2.23. The highest BCUT2D eigenvalue weighted by atomic mass is 16.7. The minimum Gasteiger partial charge on any atom is -0.463 e. The summed E-state index contributed by atoms with van der Waals surface area (Å²) >= 11 is 0. The molecule has 142 valence electrons. The van der Waals surface area contributed by atoms with E-state index in [0.717, 1.165) is 12.8 Å². The fourth-order valence-electron chi connectivity index (χ4n) is 2.38. The van der Waals surface area contributed by atoms with Gasteiger partial charge < -0.3 is 23.8 Å². The molecule has 0 unspecified atom stereocenters. The summed E-state index contributed by atoms with van der Waals surface area (Å²) in [7, 11) is 0. The van der Waals surface area contributed by atoms with E-state index in [1.165, 1.54) is 12.2 Å². The molecule has 1 amide bonds. The zero-order valence-corrected chi connectivity index (χ0v) is 15.4. The van der Waals surface area contributed by atoms with E-state index in [4.69, 9.17) is 18.9 Å². The van der Waals surface area contributed by atoms with E-state index in [2.05, 4.69) is 0 Å². The summed E-state index contributed by atoms with van der Waals surface area (Å²) in [5.41, 5.74) is 0.466. The van der Waals surface area contributed by atoms with E-state index < -0.39 is 12.1 Å². The van der Waals surface area contributed by atoms with E-state index in [-0.39, 0.29) is 6.79 Å². The van der Waals surface area contributed by atoms with Crippen molar-refractivity contribution < 1.29 is 28.5 Å². The highest BCUT2D eigenvalue weighted by molar-refractivity contribution is 5.89. The minimum absolute atomic E-state index is 0.0740. The third kappa shape index (κ3) is 4.91. The molecule has 0 aromatic heterocycles. The largest absolute Gasteiger partial charge is 0.463 e. The van der Waals surface area contributed by atoms with Crippen LogP contribution in [-0.4, -0.2) is 43.5 Å². The quantitative estimate of drug-likeness (QED) is 0.399. The van der Waals surface area contributed by atoms with Crippen LogP contribution in [0.4, 0.5) is 4.79 Å². The first-order valence-corrected chi connectivity index (χ1v) is 8.84. The van der Waals surface area contributed by atoms with Gasteiger partial charge in [-0.05, 0) is 38.5 Å². The maximum absolute atomic E-state index is 12.3. The van der Waals surface area contributed by atoms with Crippen LogP contribution in [0.15, 0.2) is 18.2 Å². The van der Waals surface area contributed by atoms with Gasteiger partial charge in [-0.25, -0.2) is 9.59 Å².